The minimum absolute atomic E-state index is 0. The predicted molar refractivity (Wildman–Crippen MR) is 107 cm³/mol. The fourth-order valence-electron chi connectivity index (χ4n) is 3.46. The van der Waals surface area contributed by atoms with Crippen LogP contribution in [-0.4, -0.2) is 45.6 Å². The van der Waals surface area contributed by atoms with Gasteiger partial charge in [-0.2, -0.15) is 5.10 Å². The van der Waals surface area contributed by atoms with Crippen LogP contribution in [0.5, 0.6) is 0 Å². The Morgan fingerprint density at radius 2 is 2.07 bits per heavy atom. The Hall–Kier alpha value is -1.93. The molecule has 2 aromatic heterocycles. The quantitative estimate of drug-likeness (QED) is 0.712. The van der Waals surface area contributed by atoms with Gasteiger partial charge in [0.25, 0.3) is 0 Å². The van der Waals surface area contributed by atoms with Crippen molar-refractivity contribution in [3.63, 3.8) is 0 Å². The van der Waals surface area contributed by atoms with Crippen LogP contribution in [0, 0.1) is 5.82 Å². The summed E-state index contributed by atoms with van der Waals surface area (Å²) in [4.78, 5) is 4.51. The third-order valence-corrected chi connectivity index (χ3v) is 4.67. The van der Waals surface area contributed by atoms with Crippen molar-refractivity contribution in [2.45, 2.75) is 18.6 Å². The lowest BCUT2D eigenvalue weighted by Gasteiger charge is -2.33. The van der Waals surface area contributed by atoms with Gasteiger partial charge in [-0.05, 0) is 37.2 Å². The zero-order chi connectivity index (χ0) is 17.2. The van der Waals surface area contributed by atoms with Gasteiger partial charge in [-0.25, -0.2) is 14.1 Å². The maximum Gasteiger partial charge on any atom is 0.142 e. The van der Waals surface area contributed by atoms with Crippen molar-refractivity contribution >= 4 is 24.8 Å². The van der Waals surface area contributed by atoms with Gasteiger partial charge in [-0.3, -0.25) is 0 Å². The lowest BCUT2D eigenvalue weighted by atomic mass is 10.0. The molecule has 0 spiro atoms. The summed E-state index contributed by atoms with van der Waals surface area (Å²) in [7, 11) is 1.73. The molecule has 1 aliphatic rings. The fraction of sp³-hybridized carbons (Fsp3) is 0.333. The number of piperidine rings is 1. The van der Waals surface area contributed by atoms with E-state index in [0.29, 0.717) is 11.4 Å². The number of methoxy groups -OCH3 is 1. The summed E-state index contributed by atoms with van der Waals surface area (Å²) in [6, 6.07) is 6.61. The maximum atomic E-state index is 14.0. The van der Waals surface area contributed by atoms with Crippen molar-refractivity contribution in [3.05, 3.63) is 54.9 Å². The summed E-state index contributed by atoms with van der Waals surface area (Å²) in [5.74, 6) is 0.409. The minimum Gasteiger partial charge on any atom is -0.379 e. The molecule has 0 radical (unpaired) electrons. The molecule has 1 aliphatic heterocycles. The number of nitrogens with one attached hydrogen (secondary N) is 1. The summed E-state index contributed by atoms with van der Waals surface area (Å²) >= 11 is 0. The van der Waals surface area contributed by atoms with E-state index < -0.39 is 0 Å². The third kappa shape index (κ3) is 4.16. The van der Waals surface area contributed by atoms with E-state index in [1.165, 1.54) is 12.1 Å². The largest absolute Gasteiger partial charge is 0.379 e. The van der Waals surface area contributed by atoms with Crippen molar-refractivity contribution < 1.29 is 9.13 Å². The van der Waals surface area contributed by atoms with Gasteiger partial charge < -0.3 is 14.6 Å². The van der Waals surface area contributed by atoms with E-state index in [2.05, 4.69) is 20.0 Å². The van der Waals surface area contributed by atoms with Crippen LogP contribution >= 0.6 is 24.8 Å². The SMILES string of the molecule is CO[C@H]1CCNC[C@H]1n1ccnc1-c1cc(F)ccc1-n1cccn1.Cl.Cl. The van der Waals surface area contributed by atoms with E-state index in [1.54, 1.807) is 30.3 Å². The first kappa shape index (κ1) is 21.4. The monoisotopic (exact) mass is 413 g/mol. The Bertz CT molecular complexity index is 855. The first-order valence-electron chi connectivity index (χ1n) is 8.34. The average molecular weight is 414 g/mol. The van der Waals surface area contributed by atoms with Crippen molar-refractivity contribution in [1.29, 1.82) is 0 Å². The predicted octanol–water partition coefficient (Wildman–Crippen LogP) is 3.27. The van der Waals surface area contributed by atoms with Crippen LogP contribution < -0.4 is 5.32 Å². The van der Waals surface area contributed by atoms with Crippen molar-refractivity contribution in [2.24, 2.45) is 0 Å². The summed E-state index contributed by atoms with van der Waals surface area (Å²) in [6.07, 6.45) is 8.23. The van der Waals surface area contributed by atoms with Gasteiger partial charge >= 0.3 is 0 Å². The highest BCUT2D eigenvalue weighted by atomic mass is 35.5. The summed E-state index contributed by atoms with van der Waals surface area (Å²) < 4.78 is 23.5. The lowest BCUT2D eigenvalue weighted by molar-refractivity contribution is 0.0365. The van der Waals surface area contributed by atoms with Crippen LogP contribution in [0.2, 0.25) is 0 Å². The minimum atomic E-state index is -0.300. The second-order valence-corrected chi connectivity index (χ2v) is 6.10. The Balaban J connectivity index is 0.00000131. The Morgan fingerprint density at radius 1 is 1.22 bits per heavy atom. The molecule has 0 saturated carbocycles. The fourth-order valence-corrected chi connectivity index (χ4v) is 3.46. The first-order valence-corrected chi connectivity index (χ1v) is 8.34. The molecule has 3 heterocycles. The maximum absolute atomic E-state index is 14.0. The molecule has 0 bridgehead atoms. The lowest BCUT2D eigenvalue weighted by Crippen LogP contribution is -2.42. The van der Waals surface area contributed by atoms with Gasteiger partial charge in [0.15, 0.2) is 0 Å². The highest BCUT2D eigenvalue weighted by Crippen LogP contribution is 2.30. The molecule has 0 aliphatic carbocycles. The molecule has 2 atom stereocenters. The molecule has 1 aromatic carbocycles. The molecule has 1 saturated heterocycles. The number of ether oxygens (including phenoxy) is 1. The molecule has 27 heavy (non-hydrogen) atoms. The van der Waals surface area contributed by atoms with E-state index >= 15 is 0 Å². The Kier molecular flexibility index (Phi) is 7.38. The second kappa shape index (κ2) is 9.32. The molecule has 0 unspecified atom stereocenters. The number of hydrogen-bond acceptors (Lipinski definition) is 4. The standard InChI is InChI=1S/C18H20FN5O.2ClH/c1-25-17-5-7-20-12-16(17)23-10-8-21-18(23)14-11-13(19)3-4-15(14)24-9-2-6-22-24;;/h2-4,6,8-11,16-17,20H,5,7,12H2,1H3;2*1H/t16-,17+;;/m1../s1. The van der Waals surface area contributed by atoms with Crippen molar-refractivity contribution in [3.8, 4) is 17.1 Å². The highest BCUT2D eigenvalue weighted by Gasteiger charge is 2.28. The van der Waals surface area contributed by atoms with Gasteiger partial charge in [0.05, 0.1) is 17.8 Å². The van der Waals surface area contributed by atoms with Gasteiger partial charge in [-0.1, -0.05) is 0 Å². The molecule has 1 fully saturated rings. The second-order valence-electron chi connectivity index (χ2n) is 6.10. The number of hydrogen-bond donors (Lipinski definition) is 1. The van der Waals surface area contributed by atoms with Gasteiger partial charge in [0.1, 0.15) is 11.6 Å². The molecular weight excluding hydrogens is 392 g/mol. The van der Waals surface area contributed by atoms with E-state index in [-0.39, 0.29) is 42.8 Å². The number of rotatable bonds is 4. The number of imidazole rings is 1. The molecular formula is C18H22Cl2FN5O. The van der Waals surface area contributed by atoms with E-state index in [9.17, 15) is 4.39 Å². The van der Waals surface area contributed by atoms with Crippen molar-refractivity contribution in [1.82, 2.24) is 24.6 Å². The molecule has 3 aromatic rings. The molecule has 0 amide bonds. The number of aromatic nitrogens is 4. The molecule has 4 rings (SSSR count). The van der Waals surface area contributed by atoms with Crippen LogP contribution in [-0.2, 0) is 4.74 Å². The first-order chi connectivity index (χ1) is 12.3. The number of benzene rings is 1. The van der Waals surface area contributed by atoms with Crippen LogP contribution in [0.15, 0.2) is 49.1 Å². The summed E-state index contributed by atoms with van der Waals surface area (Å²) in [5, 5.41) is 7.68. The number of nitrogens with zero attached hydrogens (tertiary/aromatic N) is 4. The third-order valence-electron chi connectivity index (χ3n) is 4.67. The topological polar surface area (TPSA) is 56.9 Å². The van der Waals surface area contributed by atoms with Gasteiger partial charge in [0, 0.05) is 44.0 Å². The Labute approximate surface area is 169 Å². The normalized spacial score (nSPS) is 19.2. The molecule has 6 nitrogen and oxygen atoms in total. The average Bonchev–Trinajstić information content (AvgIpc) is 3.33. The molecule has 146 valence electrons. The van der Waals surface area contributed by atoms with Crippen molar-refractivity contribution in [2.75, 3.05) is 20.2 Å². The summed E-state index contributed by atoms with van der Waals surface area (Å²) in [6.45, 7) is 1.71. The van der Waals surface area contributed by atoms with Crippen LogP contribution in [0.3, 0.4) is 0 Å². The Morgan fingerprint density at radius 3 is 2.81 bits per heavy atom. The number of halogens is 3. The summed E-state index contributed by atoms with van der Waals surface area (Å²) in [5.41, 5.74) is 1.49. The molecule has 9 heteroatoms. The highest BCUT2D eigenvalue weighted by molar-refractivity contribution is 5.85. The van der Waals surface area contributed by atoms with Crippen LogP contribution in [0.1, 0.15) is 12.5 Å². The van der Waals surface area contributed by atoms with E-state index in [1.807, 2.05) is 18.5 Å². The van der Waals surface area contributed by atoms with Gasteiger partial charge in [-0.15, -0.1) is 24.8 Å². The zero-order valence-corrected chi connectivity index (χ0v) is 16.4. The smallest absolute Gasteiger partial charge is 0.142 e. The van der Waals surface area contributed by atoms with Gasteiger partial charge in [0.2, 0.25) is 0 Å². The van der Waals surface area contributed by atoms with E-state index in [0.717, 1.165) is 25.2 Å². The van der Waals surface area contributed by atoms with Crippen LogP contribution in [0.4, 0.5) is 4.39 Å². The molecule has 1 N–H and O–H groups in total. The zero-order valence-electron chi connectivity index (χ0n) is 14.8. The van der Waals surface area contributed by atoms with Crippen LogP contribution in [0.25, 0.3) is 17.1 Å². The van der Waals surface area contributed by atoms with E-state index in [4.69, 9.17) is 4.74 Å².